The molecule has 1 fully saturated rings. The van der Waals surface area contributed by atoms with Gasteiger partial charge in [0.05, 0.1) is 43.0 Å². The molecule has 0 aliphatic carbocycles. The number of morpholine rings is 1. The maximum atomic E-state index is 13.2. The van der Waals surface area contributed by atoms with Crippen molar-refractivity contribution < 1.29 is 27.4 Å². The van der Waals surface area contributed by atoms with Gasteiger partial charge in [-0.3, -0.25) is 4.79 Å². The molecule has 0 saturated carbocycles. The Labute approximate surface area is 171 Å². The summed E-state index contributed by atoms with van der Waals surface area (Å²) in [6.45, 7) is 2.06. The molecular formula is C20H21F3N2O3S. The Morgan fingerprint density at radius 2 is 1.93 bits per heavy atom. The predicted molar refractivity (Wildman–Crippen MR) is 107 cm³/mol. The van der Waals surface area contributed by atoms with Crippen LogP contribution in [0.3, 0.4) is 0 Å². The lowest BCUT2D eigenvalue weighted by atomic mass is 10.1. The maximum absolute atomic E-state index is 13.2. The van der Waals surface area contributed by atoms with Gasteiger partial charge >= 0.3 is 6.18 Å². The Hall–Kier alpha value is -2.39. The number of thioether (sulfide) groups is 1. The van der Waals surface area contributed by atoms with E-state index >= 15 is 0 Å². The first-order valence-corrected chi connectivity index (χ1v) is 9.96. The highest BCUT2D eigenvalue weighted by Gasteiger charge is 2.32. The minimum Gasteiger partial charge on any atom is -0.496 e. The Morgan fingerprint density at radius 1 is 1.21 bits per heavy atom. The number of nitrogens with zero attached hydrogens (tertiary/aromatic N) is 1. The van der Waals surface area contributed by atoms with Crippen molar-refractivity contribution in [2.75, 3.05) is 49.4 Å². The van der Waals surface area contributed by atoms with Gasteiger partial charge in [0.1, 0.15) is 5.75 Å². The zero-order chi connectivity index (χ0) is 20.9. The first-order valence-electron chi connectivity index (χ1n) is 8.98. The molecular weight excluding hydrogens is 405 g/mol. The van der Waals surface area contributed by atoms with Gasteiger partial charge in [-0.05, 0) is 30.3 Å². The molecule has 1 N–H and O–H groups in total. The number of carbonyl (C=O) groups is 1. The molecule has 1 aliphatic rings. The minimum atomic E-state index is -4.49. The molecule has 0 unspecified atom stereocenters. The normalized spacial score (nSPS) is 14.6. The molecule has 1 aliphatic heterocycles. The van der Waals surface area contributed by atoms with Crippen molar-refractivity contribution in [3.63, 3.8) is 0 Å². The van der Waals surface area contributed by atoms with Gasteiger partial charge in [0.25, 0.3) is 0 Å². The monoisotopic (exact) mass is 426 g/mol. The molecule has 2 aromatic rings. The van der Waals surface area contributed by atoms with Crippen LogP contribution in [0.5, 0.6) is 5.75 Å². The van der Waals surface area contributed by atoms with Crippen LogP contribution in [0.25, 0.3) is 0 Å². The molecule has 0 atom stereocenters. The smallest absolute Gasteiger partial charge is 0.416 e. The lowest BCUT2D eigenvalue weighted by Gasteiger charge is -2.31. The fraction of sp³-hybridized carbons (Fsp3) is 0.350. The van der Waals surface area contributed by atoms with Gasteiger partial charge in [-0.1, -0.05) is 12.1 Å². The Balaban J connectivity index is 1.77. The molecule has 3 rings (SSSR count). The van der Waals surface area contributed by atoms with Crippen LogP contribution >= 0.6 is 11.8 Å². The molecule has 5 nitrogen and oxygen atoms in total. The second-order valence-electron chi connectivity index (χ2n) is 6.32. The lowest BCUT2D eigenvalue weighted by molar-refractivity contribution is -0.137. The van der Waals surface area contributed by atoms with Gasteiger partial charge in [-0.25, -0.2) is 0 Å². The standard InChI is InChI=1S/C20H21F3N2O3S/c1-27-17-4-2-3-5-18(17)29-13-19(26)24-15-12-14(20(21,22)23)6-7-16(15)25-8-10-28-11-9-25/h2-7,12H,8-11,13H2,1H3,(H,24,26). The van der Waals surface area contributed by atoms with Crippen molar-refractivity contribution in [3.8, 4) is 5.75 Å². The predicted octanol–water partition coefficient (Wildman–Crippen LogP) is 4.28. The van der Waals surface area contributed by atoms with Crippen LogP contribution < -0.4 is 15.0 Å². The lowest BCUT2D eigenvalue weighted by Crippen LogP contribution is -2.37. The van der Waals surface area contributed by atoms with Crippen molar-refractivity contribution in [1.29, 1.82) is 0 Å². The summed E-state index contributed by atoms with van der Waals surface area (Å²) >= 11 is 1.26. The van der Waals surface area contributed by atoms with E-state index in [0.717, 1.165) is 17.0 Å². The van der Waals surface area contributed by atoms with Crippen molar-refractivity contribution >= 4 is 29.0 Å². The summed E-state index contributed by atoms with van der Waals surface area (Å²) in [5.74, 6) is 0.284. The van der Waals surface area contributed by atoms with Crippen molar-refractivity contribution in [2.24, 2.45) is 0 Å². The van der Waals surface area contributed by atoms with Gasteiger partial charge in [-0.15, -0.1) is 11.8 Å². The number of para-hydroxylation sites is 1. The topological polar surface area (TPSA) is 50.8 Å². The molecule has 29 heavy (non-hydrogen) atoms. The number of ether oxygens (including phenoxy) is 2. The Kier molecular flexibility index (Phi) is 6.92. The molecule has 1 heterocycles. The third-order valence-corrected chi connectivity index (χ3v) is 5.43. The molecule has 156 valence electrons. The van der Waals surface area contributed by atoms with E-state index in [0.29, 0.717) is 37.7 Å². The van der Waals surface area contributed by atoms with Gasteiger partial charge in [-0.2, -0.15) is 13.2 Å². The number of methoxy groups -OCH3 is 1. The molecule has 1 saturated heterocycles. The van der Waals surface area contributed by atoms with E-state index in [2.05, 4.69) is 5.32 Å². The summed E-state index contributed by atoms with van der Waals surface area (Å²) in [6, 6.07) is 10.7. The number of rotatable bonds is 6. The van der Waals surface area contributed by atoms with Crippen LogP contribution in [0.15, 0.2) is 47.4 Å². The number of benzene rings is 2. The summed E-state index contributed by atoms with van der Waals surface area (Å²) in [5, 5.41) is 2.64. The van der Waals surface area contributed by atoms with E-state index in [-0.39, 0.29) is 11.4 Å². The SMILES string of the molecule is COc1ccccc1SCC(=O)Nc1cc(C(F)(F)F)ccc1N1CCOCC1. The van der Waals surface area contributed by atoms with Crippen molar-refractivity contribution in [1.82, 2.24) is 0 Å². The highest BCUT2D eigenvalue weighted by atomic mass is 32.2. The quantitative estimate of drug-likeness (QED) is 0.699. The first kappa shape index (κ1) is 21.3. The summed E-state index contributed by atoms with van der Waals surface area (Å²) in [5.41, 5.74) is -0.105. The van der Waals surface area contributed by atoms with Crippen LogP contribution in [0, 0.1) is 0 Å². The maximum Gasteiger partial charge on any atom is 0.416 e. The van der Waals surface area contributed by atoms with Crippen LogP contribution in [0.1, 0.15) is 5.56 Å². The number of amides is 1. The van der Waals surface area contributed by atoms with Crippen LogP contribution in [0.4, 0.5) is 24.5 Å². The second kappa shape index (κ2) is 9.41. The number of alkyl halides is 3. The van der Waals surface area contributed by atoms with Crippen LogP contribution in [0.2, 0.25) is 0 Å². The summed E-state index contributed by atoms with van der Waals surface area (Å²) in [4.78, 5) is 15.2. The summed E-state index contributed by atoms with van der Waals surface area (Å²) < 4.78 is 50.1. The highest BCUT2D eigenvalue weighted by Crippen LogP contribution is 2.36. The number of hydrogen-bond donors (Lipinski definition) is 1. The minimum absolute atomic E-state index is 0.0408. The molecule has 2 aromatic carbocycles. The molecule has 0 radical (unpaired) electrons. The number of nitrogens with one attached hydrogen (secondary N) is 1. The molecule has 0 aromatic heterocycles. The van der Waals surface area contributed by atoms with Crippen LogP contribution in [-0.2, 0) is 15.7 Å². The second-order valence-corrected chi connectivity index (χ2v) is 7.33. The van der Waals surface area contributed by atoms with E-state index in [9.17, 15) is 18.0 Å². The third kappa shape index (κ3) is 5.57. The van der Waals surface area contributed by atoms with Gasteiger partial charge in [0.2, 0.25) is 5.91 Å². The Bertz CT molecular complexity index is 855. The summed E-state index contributed by atoms with van der Waals surface area (Å²) in [6.07, 6.45) is -4.49. The molecule has 0 bridgehead atoms. The first-order chi connectivity index (χ1) is 13.9. The average Bonchev–Trinajstić information content (AvgIpc) is 2.72. The average molecular weight is 426 g/mol. The zero-order valence-electron chi connectivity index (χ0n) is 15.8. The fourth-order valence-corrected chi connectivity index (χ4v) is 3.79. The van der Waals surface area contributed by atoms with Crippen molar-refractivity contribution in [2.45, 2.75) is 11.1 Å². The van der Waals surface area contributed by atoms with E-state index in [1.165, 1.54) is 24.9 Å². The molecule has 9 heteroatoms. The number of hydrogen-bond acceptors (Lipinski definition) is 5. The molecule has 0 spiro atoms. The molecule has 1 amide bonds. The number of anilines is 2. The number of carbonyl (C=O) groups excluding carboxylic acids is 1. The van der Waals surface area contributed by atoms with Crippen LogP contribution in [-0.4, -0.2) is 45.1 Å². The van der Waals surface area contributed by atoms with E-state index in [1.54, 1.807) is 6.07 Å². The van der Waals surface area contributed by atoms with Crippen molar-refractivity contribution in [3.05, 3.63) is 48.0 Å². The highest BCUT2D eigenvalue weighted by molar-refractivity contribution is 8.00. The van der Waals surface area contributed by atoms with Gasteiger partial charge in [0, 0.05) is 18.0 Å². The summed E-state index contributed by atoms with van der Waals surface area (Å²) in [7, 11) is 1.54. The van der Waals surface area contributed by atoms with Gasteiger partial charge < -0.3 is 19.7 Å². The largest absolute Gasteiger partial charge is 0.496 e. The van der Waals surface area contributed by atoms with Gasteiger partial charge in [0.15, 0.2) is 0 Å². The van der Waals surface area contributed by atoms with E-state index < -0.39 is 17.6 Å². The fourth-order valence-electron chi connectivity index (χ4n) is 2.96. The Morgan fingerprint density at radius 3 is 2.62 bits per heavy atom. The third-order valence-electron chi connectivity index (χ3n) is 4.38. The van der Waals surface area contributed by atoms with E-state index in [4.69, 9.17) is 9.47 Å². The number of halogens is 3. The van der Waals surface area contributed by atoms with E-state index in [1.807, 2.05) is 23.1 Å². The zero-order valence-corrected chi connectivity index (χ0v) is 16.6.